The number of hydrogen-bond donors (Lipinski definition) is 3. The predicted molar refractivity (Wildman–Crippen MR) is 62.4 cm³/mol. The number of hydrogen-bond acceptors (Lipinski definition) is 5. The first-order valence-electron chi connectivity index (χ1n) is 5.43. The molecule has 2 heterocycles. The normalized spacial score (nSPS) is 10.9. The summed E-state index contributed by atoms with van der Waals surface area (Å²) in [6.07, 6.45) is 4.74. The summed E-state index contributed by atoms with van der Waals surface area (Å²) in [6.45, 7) is 0.652. The molecular weight excluding hydrogens is 223 g/mol. The SMILES string of the molecule is O=c1[nH]cnc2c1ncn2CCCCB(O)O. The van der Waals surface area contributed by atoms with Crippen LogP contribution < -0.4 is 5.56 Å². The number of fused-ring (bicyclic) bond motifs is 1. The van der Waals surface area contributed by atoms with Crippen molar-refractivity contribution in [2.45, 2.75) is 25.7 Å². The molecule has 0 spiro atoms. The number of unbranched alkanes of at least 4 members (excludes halogenated alkanes) is 1. The van der Waals surface area contributed by atoms with Crippen molar-refractivity contribution in [2.75, 3.05) is 0 Å². The van der Waals surface area contributed by atoms with Crippen LogP contribution >= 0.6 is 0 Å². The van der Waals surface area contributed by atoms with E-state index in [0.29, 0.717) is 30.4 Å². The van der Waals surface area contributed by atoms with Crippen molar-refractivity contribution in [3.05, 3.63) is 23.0 Å². The van der Waals surface area contributed by atoms with Crippen molar-refractivity contribution < 1.29 is 10.0 Å². The van der Waals surface area contributed by atoms with Crippen LogP contribution in [-0.4, -0.2) is 36.7 Å². The zero-order valence-corrected chi connectivity index (χ0v) is 9.20. The Kier molecular flexibility index (Phi) is 3.55. The monoisotopic (exact) mass is 236 g/mol. The Morgan fingerprint density at radius 2 is 2.18 bits per heavy atom. The Hall–Kier alpha value is -1.67. The lowest BCUT2D eigenvalue weighted by atomic mass is 9.84. The molecule has 0 saturated carbocycles. The third-order valence-corrected chi connectivity index (χ3v) is 2.52. The lowest BCUT2D eigenvalue weighted by Crippen LogP contribution is -2.10. The highest BCUT2D eigenvalue weighted by molar-refractivity contribution is 6.40. The molecule has 2 aromatic rings. The molecule has 0 unspecified atom stereocenters. The van der Waals surface area contributed by atoms with Crippen molar-refractivity contribution in [1.82, 2.24) is 19.5 Å². The molecule has 3 N–H and O–H groups in total. The summed E-state index contributed by atoms with van der Waals surface area (Å²) in [6, 6.07) is 0. The van der Waals surface area contributed by atoms with E-state index in [1.807, 2.05) is 0 Å². The van der Waals surface area contributed by atoms with Crippen molar-refractivity contribution >= 4 is 18.3 Å². The minimum absolute atomic E-state index is 0.250. The number of nitrogens with zero attached hydrogens (tertiary/aromatic N) is 3. The van der Waals surface area contributed by atoms with Gasteiger partial charge in [0, 0.05) is 6.54 Å². The highest BCUT2D eigenvalue weighted by atomic mass is 16.4. The lowest BCUT2D eigenvalue weighted by molar-refractivity contribution is 0.401. The molecule has 0 fully saturated rings. The van der Waals surface area contributed by atoms with Gasteiger partial charge in [0.05, 0.1) is 12.7 Å². The van der Waals surface area contributed by atoms with Crippen LogP contribution in [0.15, 0.2) is 17.4 Å². The highest BCUT2D eigenvalue weighted by Crippen LogP contribution is 2.07. The Bertz CT molecular complexity index is 550. The van der Waals surface area contributed by atoms with Crippen LogP contribution in [0.3, 0.4) is 0 Å². The quantitative estimate of drug-likeness (QED) is 0.473. The van der Waals surface area contributed by atoms with Gasteiger partial charge in [-0.2, -0.15) is 0 Å². The van der Waals surface area contributed by atoms with Gasteiger partial charge >= 0.3 is 7.12 Å². The van der Waals surface area contributed by atoms with Gasteiger partial charge in [0.25, 0.3) is 5.56 Å². The molecule has 0 bridgehead atoms. The van der Waals surface area contributed by atoms with Crippen LogP contribution in [0.25, 0.3) is 11.2 Å². The minimum atomic E-state index is -1.25. The van der Waals surface area contributed by atoms with E-state index in [9.17, 15) is 4.79 Å². The fourth-order valence-electron chi connectivity index (χ4n) is 1.66. The summed E-state index contributed by atoms with van der Waals surface area (Å²) in [4.78, 5) is 21.9. The molecule has 0 aliphatic heterocycles. The van der Waals surface area contributed by atoms with Gasteiger partial charge < -0.3 is 19.6 Å². The summed E-state index contributed by atoms with van der Waals surface area (Å²) in [5.41, 5.74) is 0.632. The van der Waals surface area contributed by atoms with Crippen LogP contribution in [0, 0.1) is 0 Å². The highest BCUT2D eigenvalue weighted by Gasteiger charge is 2.08. The van der Waals surface area contributed by atoms with E-state index in [1.165, 1.54) is 6.33 Å². The molecule has 90 valence electrons. The fraction of sp³-hybridized carbons (Fsp3) is 0.444. The van der Waals surface area contributed by atoms with Crippen LogP contribution in [0.1, 0.15) is 12.8 Å². The maximum atomic E-state index is 11.4. The summed E-state index contributed by atoms with van der Waals surface area (Å²) in [7, 11) is -1.25. The van der Waals surface area contributed by atoms with Gasteiger partial charge in [-0.1, -0.05) is 6.42 Å². The van der Waals surface area contributed by atoms with Crippen molar-refractivity contribution in [2.24, 2.45) is 0 Å². The molecular formula is C9H13BN4O3. The van der Waals surface area contributed by atoms with Gasteiger partial charge in [0.1, 0.15) is 0 Å². The second-order valence-corrected chi connectivity index (χ2v) is 3.82. The molecule has 0 saturated heterocycles. The topological polar surface area (TPSA) is 104 Å². The van der Waals surface area contributed by atoms with Crippen LogP contribution in [0.4, 0.5) is 0 Å². The van der Waals surface area contributed by atoms with E-state index >= 15 is 0 Å². The van der Waals surface area contributed by atoms with E-state index in [4.69, 9.17) is 10.0 Å². The Morgan fingerprint density at radius 3 is 2.94 bits per heavy atom. The number of rotatable bonds is 5. The third kappa shape index (κ3) is 2.72. The maximum absolute atomic E-state index is 11.4. The van der Waals surface area contributed by atoms with Gasteiger partial charge in [-0.25, -0.2) is 9.97 Å². The molecule has 2 aromatic heterocycles. The molecule has 8 heteroatoms. The lowest BCUT2D eigenvalue weighted by Gasteiger charge is -2.02. The Balaban J connectivity index is 2.04. The molecule has 0 atom stereocenters. The second kappa shape index (κ2) is 5.11. The zero-order valence-electron chi connectivity index (χ0n) is 9.20. The van der Waals surface area contributed by atoms with Crippen molar-refractivity contribution in [3.8, 4) is 0 Å². The van der Waals surface area contributed by atoms with Gasteiger partial charge in [-0.05, 0) is 12.7 Å². The molecule has 0 aromatic carbocycles. The summed E-state index contributed by atoms with van der Waals surface area (Å²) in [5, 5.41) is 17.4. The predicted octanol–water partition coefficient (Wildman–Crippen LogP) is -0.627. The first kappa shape index (κ1) is 11.8. The molecule has 0 aliphatic rings. The van der Waals surface area contributed by atoms with Gasteiger partial charge in [-0.3, -0.25) is 4.79 Å². The zero-order chi connectivity index (χ0) is 12.3. The van der Waals surface area contributed by atoms with Gasteiger partial charge in [0.2, 0.25) is 0 Å². The van der Waals surface area contributed by atoms with Gasteiger partial charge in [-0.15, -0.1) is 0 Å². The third-order valence-electron chi connectivity index (χ3n) is 2.52. The first-order chi connectivity index (χ1) is 8.18. The largest absolute Gasteiger partial charge is 0.451 e. The maximum Gasteiger partial charge on any atom is 0.451 e. The number of imidazole rings is 1. The molecule has 0 amide bonds. The van der Waals surface area contributed by atoms with Crippen molar-refractivity contribution in [3.63, 3.8) is 0 Å². The number of aryl methyl sites for hydroxylation is 1. The Labute approximate surface area is 97.3 Å². The summed E-state index contributed by atoms with van der Waals surface area (Å²) >= 11 is 0. The molecule has 0 aliphatic carbocycles. The van der Waals surface area contributed by atoms with Crippen LogP contribution in [-0.2, 0) is 6.54 Å². The van der Waals surface area contributed by atoms with Gasteiger partial charge in [0.15, 0.2) is 11.2 Å². The average Bonchev–Trinajstić information content (AvgIpc) is 2.69. The number of nitrogens with one attached hydrogen (secondary N) is 1. The average molecular weight is 236 g/mol. The van der Waals surface area contributed by atoms with E-state index in [0.717, 1.165) is 6.42 Å². The standard InChI is InChI=1S/C9H13BN4O3/c15-9-7-8(11-5-12-9)14(6-13-7)4-2-1-3-10(16)17/h5-6,16-17H,1-4H2,(H,11,12,15). The summed E-state index contributed by atoms with van der Waals surface area (Å²) in [5.74, 6) is 0. The smallest absolute Gasteiger partial charge is 0.427 e. The molecule has 0 radical (unpaired) electrons. The fourth-order valence-corrected chi connectivity index (χ4v) is 1.66. The van der Waals surface area contributed by atoms with Crippen molar-refractivity contribution in [1.29, 1.82) is 0 Å². The van der Waals surface area contributed by atoms with Crippen LogP contribution in [0.2, 0.25) is 6.32 Å². The first-order valence-corrected chi connectivity index (χ1v) is 5.43. The van der Waals surface area contributed by atoms with E-state index in [2.05, 4.69) is 15.0 Å². The number of H-pyrrole nitrogens is 1. The Morgan fingerprint density at radius 1 is 1.35 bits per heavy atom. The summed E-state index contributed by atoms with van der Waals surface area (Å²) < 4.78 is 1.79. The van der Waals surface area contributed by atoms with E-state index < -0.39 is 7.12 Å². The molecule has 2 rings (SSSR count). The molecule has 17 heavy (non-hydrogen) atoms. The minimum Gasteiger partial charge on any atom is -0.427 e. The molecule has 7 nitrogen and oxygen atoms in total. The van der Waals surface area contributed by atoms with E-state index in [-0.39, 0.29) is 5.56 Å². The van der Waals surface area contributed by atoms with Crippen LogP contribution in [0.5, 0.6) is 0 Å². The number of aromatic amines is 1. The van der Waals surface area contributed by atoms with E-state index in [1.54, 1.807) is 10.9 Å². The number of aromatic nitrogens is 4. The second-order valence-electron chi connectivity index (χ2n) is 3.82.